The third kappa shape index (κ3) is 1.73. The van der Waals surface area contributed by atoms with Crippen LogP contribution in [0.4, 0.5) is 0 Å². The van der Waals surface area contributed by atoms with Crippen molar-refractivity contribution in [3.05, 3.63) is 77.9 Å². The molecule has 0 bridgehead atoms. The van der Waals surface area contributed by atoms with Crippen LogP contribution >= 0.6 is 0 Å². The zero-order valence-corrected chi connectivity index (χ0v) is 11.3. The molecule has 2 atom stereocenters. The molecule has 2 heteroatoms. The highest BCUT2D eigenvalue weighted by molar-refractivity contribution is 6.07. The van der Waals surface area contributed by atoms with E-state index in [1.807, 2.05) is 42.5 Å². The second-order valence-electron chi connectivity index (χ2n) is 5.38. The number of benzene rings is 2. The first kappa shape index (κ1) is 12.8. The van der Waals surface area contributed by atoms with Crippen molar-refractivity contribution in [1.29, 1.82) is 0 Å². The minimum absolute atomic E-state index is 0.0863. The third-order valence-electron chi connectivity index (χ3n) is 4.05. The Morgan fingerprint density at radius 2 is 1.70 bits per heavy atom. The van der Waals surface area contributed by atoms with E-state index >= 15 is 0 Å². The summed E-state index contributed by atoms with van der Waals surface area (Å²) in [5.41, 5.74) is 1.75. The van der Waals surface area contributed by atoms with Crippen LogP contribution in [0.15, 0.2) is 61.2 Å². The fourth-order valence-corrected chi connectivity index (χ4v) is 3.04. The number of hydrogen-bond acceptors (Lipinski definition) is 2. The van der Waals surface area contributed by atoms with Crippen LogP contribution in [0.5, 0.6) is 0 Å². The lowest BCUT2D eigenvalue weighted by molar-refractivity contribution is 0.0253. The number of fused-ring (bicyclic) bond motifs is 1. The van der Waals surface area contributed by atoms with Crippen molar-refractivity contribution in [3.8, 4) is 0 Å². The molecule has 2 aromatic rings. The number of carbonyl (C=O) groups is 1. The van der Waals surface area contributed by atoms with Crippen molar-refractivity contribution in [1.82, 2.24) is 0 Å². The molecule has 3 rings (SSSR count). The maximum atomic E-state index is 12.7. The van der Waals surface area contributed by atoms with E-state index in [4.69, 9.17) is 0 Å². The Morgan fingerprint density at radius 1 is 1.10 bits per heavy atom. The molecule has 1 aliphatic carbocycles. The summed E-state index contributed by atoms with van der Waals surface area (Å²) in [6.07, 6.45) is 0. The van der Waals surface area contributed by atoms with Gasteiger partial charge in [0.25, 0.3) is 0 Å². The van der Waals surface area contributed by atoms with Crippen LogP contribution in [-0.4, -0.2) is 10.9 Å². The zero-order chi connectivity index (χ0) is 14.3. The van der Waals surface area contributed by atoms with Crippen molar-refractivity contribution in [2.75, 3.05) is 0 Å². The number of ketones is 1. The smallest absolute Gasteiger partial charge is 0.173 e. The van der Waals surface area contributed by atoms with E-state index < -0.39 is 11.5 Å². The Bertz CT molecular complexity index is 684. The van der Waals surface area contributed by atoms with Crippen LogP contribution in [0, 0.1) is 5.92 Å². The maximum Gasteiger partial charge on any atom is 0.173 e. The molecule has 0 aliphatic heterocycles. The van der Waals surface area contributed by atoms with Crippen LogP contribution in [0.3, 0.4) is 0 Å². The molecular weight excluding hydrogens is 248 g/mol. The van der Waals surface area contributed by atoms with Gasteiger partial charge in [-0.1, -0.05) is 61.2 Å². The van der Waals surface area contributed by atoms with Crippen molar-refractivity contribution >= 4 is 11.4 Å². The number of hydrogen-bond donors (Lipinski definition) is 1. The molecule has 1 aliphatic rings. The van der Waals surface area contributed by atoms with Crippen LogP contribution in [0.2, 0.25) is 0 Å². The Balaban J connectivity index is 2.09. The quantitative estimate of drug-likeness (QED) is 0.844. The zero-order valence-electron chi connectivity index (χ0n) is 11.3. The first-order chi connectivity index (χ1) is 9.53. The van der Waals surface area contributed by atoms with Crippen LogP contribution in [-0.2, 0) is 5.60 Å². The van der Waals surface area contributed by atoms with E-state index in [1.165, 1.54) is 0 Å². The summed E-state index contributed by atoms with van der Waals surface area (Å²) >= 11 is 0. The monoisotopic (exact) mass is 264 g/mol. The molecule has 0 aromatic heterocycles. The summed E-state index contributed by atoms with van der Waals surface area (Å²) in [6, 6.07) is 16.6. The van der Waals surface area contributed by atoms with Gasteiger partial charge in [0.1, 0.15) is 5.60 Å². The normalized spacial score (nSPS) is 24.5. The van der Waals surface area contributed by atoms with Gasteiger partial charge >= 0.3 is 0 Å². The second-order valence-corrected chi connectivity index (χ2v) is 5.38. The van der Waals surface area contributed by atoms with Crippen molar-refractivity contribution < 1.29 is 9.90 Å². The molecule has 0 radical (unpaired) electrons. The highest BCUT2D eigenvalue weighted by Crippen LogP contribution is 2.48. The van der Waals surface area contributed by atoms with E-state index in [0.29, 0.717) is 11.1 Å². The SMILES string of the molecule is C=C1c2ccccc2[C@@](C)(O)[C@H]1C(=O)c1ccccc1. The predicted octanol–water partition coefficient (Wildman–Crippen LogP) is 3.42. The van der Waals surface area contributed by atoms with Gasteiger partial charge in [0.2, 0.25) is 0 Å². The molecule has 0 unspecified atom stereocenters. The number of aliphatic hydroxyl groups is 1. The van der Waals surface area contributed by atoms with Crippen molar-refractivity contribution in [2.45, 2.75) is 12.5 Å². The minimum atomic E-state index is -1.21. The van der Waals surface area contributed by atoms with Gasteiger partial charge in [-0.3, -0.25) is 4.79 Å². The fraction of sp³-hybridized carbons (Fsp3) is 0.167. The molecule has 2 aromatic carbocycles. The van der Waals surface area contributed by atoms with Gasteiger partial charge in [-0.05, 0) is 23.6 Å². The van der Waals surface area contributed by atoms with E-state index in [-0.39, 0.29) is 5.78 Å². The summed E-state index contributed by atoms with van der Waals surface area (Å²) in [7, 11) is 0. The first-order valence-corrected chi connectivity index (χ1v) is 6.64. The van der Waals surface area contributed by atoms with Gasteiger partial charge in [0.05, 0.1) is 5.92 Å². The molecule has 0 saturated heterocycles. The average Bonchev–Trinajstić information content (AvgIpc) is 2.67. The van der Waals surface area contributed by atoms with Gasteiger partial charge in [-0.15, -0.1) is 0 Å². The average molecular weight is 264 g/mol. The molecule has 20 heavy (non-hydrogen) atoms. The Kier molecular flexibility index (Phi) is 2.84. The lowest BCUT2D eigenvalue weighted by Gasteiger charge is -2.26. The van der Waals surface area contributed by atoms with Gasteiger partial charge in [-0.25, -0.2) is 0 Å². The fourth-order valence-electron chi connectivity index (χ4n) is 3.04. The van der Waals surface area contributed by atoms with Crippen LogP contribution in [0.25, 0.3) is 5.57 Å². The highest BCUT2D eigenvalue weighted by Gasteiger charge is 2.47. The van der Waals surface area contributed by atoms with E-state index in [0.717, 1.165) is 11.1 Å². The maximum absolute atomic E-state index is 12.7. The number of carbonyl (C=O) groups excluding carboxylic acids is 1. The predicted molar refractivity (Wildman–Crippen MR) is 79.3 cm³/mol. The Morgan fingerprint density at radius 3 is 2.35 bits per heavy atom. The lowest BCUT2D eigenvalue weighted by Crippen LogP contribution is -2.33. The van der Waals surface area contributed by atoms with Gasteiger partial charge in [-0.2, -0.15) is 0 Å². The summed E-state index contributed by atoms with van der Waals surface area (Å²) < 4.78 is 0. The standard InChI is InChI=1S/C18H16O2/c1-12-14-10-6-7-11-15(14)18(2,20)16(12)17(19)13-8-4-3-5-9-13/h3-11,16,20H,1H2,2H3/t16-,18-/m1/s1. The Labute approximate surface area is 118 Å². The molecule has 0 fully saturated rings. The van der Waals surface area contributed by atoms with Crippen LogP contribution in [0.1, 0.15) is 28.4 Å². The highest BCUT2D eigenvalue weighted by atomic mass is 16.3. The molecule has 2 nitrogen and oxygen atoms in total. The van der Waals surface area contributed by atoms with Crippen molar-refractivity contribution in [3.63, 3.8) is 0 Å². The number of rotatable bonds is 2. The van der Waals surface area contributed by atoms with Gasteiger partial charge < -0.3 is 5.11 Å². The van der Waals surface area contributed by atoms with Crippen molar-refractivity contribution in [2.24, 2.45) is 5.92 Å². The molecule has 0 heterocycles. The molecule has 1 N–H and O–H groups in total. The topological polar surface area (TPSA) is 37.3 Å². The summed E-state index contributed by atoms with van der Waals surface area (Å²) in [5, 5.41) is 10.8. The van der Waals surface area contributed by atoms with Gasteiger partial charge in [0, 0.05) is 5.56 Å². The summed E-state index contributed by atoms with van der Waals surface area (Å²) in [5.74, 6) is -0.709. The summed E-state index contributed by atoms with van der Waals surface area (Å²) in [4.78, 5) is 12.7. The Hall–Kier alpha value is -2.19. The molecule has 0 amide bonds. The molecular formula is C18H16O2. The summed E-state index contributed by atoms with van der Waals surface area (Å²) in [6.45, 7) is 5.73. The first-order valence-electron chi connectivity index (χ1n) is 6.64. The van der Waals surface area contributed by atoms with Gasteiger partial charge in [0.15, 0.2) is 5.78 Å². The molecule has 0 spiro atoms. The molecule has 100 valence electrons. The third-order valence-corrected chi connectivity index (χ3v) is 4.05. The minimum Gasteiger partial charge on any atom is -0.384 e. The van der Waals surface area contributed by atoms with E-state index in [2.05, 4.69) is 6.58 Å². The van der Waals surface area contributed by atoms with E-state index in [9.17, 15) is 9.90 Å². The largest absolute Gasteiger partial charge is 0.384 e. The second kappa shape index (κ2) is 4.43. The molecule has 0 saturated carbocycles. The number of Topliss-reactive ketones (excluding diaryl/α,β-unsaturated/α-hetero) is 1. The van der Waals surface area contributed by atoms with E-state index in [1.54, 1.807) is 19.1 Å². The lowest BCUT2D eigenvalue weighted by atomic mass is 9.82. The van der Waals surface area contributed by atoms with Crippen LogP contribution < -0.4 is 0 Å².